The van der Waals surface area contributed by atoms with Gasteiger partial charge in [-0.25, -0.2) is 0 Å². The van der Waals surface area contributed by atoms with Crippen molar-refractivity contribution in [1.82, 2.24) is 0 Å². The highest BCUT2D eigenvalue weighted by atomic mass is 16.6. The van der Waals surface area contributed by atoms with Crippen molar-refractivity contribution in [3.8, 4) is 6.07 Å². The van der Waals surface area contributed by atoms with Gasteiger partial charge in [0.2, 0.25) is 0 Å². The molecule has 0 aliphatic heterocycles. The van der Waals surface area contributed by atoms with Crippen LogP contribution in [0.2, 0.25) is 0 Å². The normalized spacial score (nSPS) is 10.4. The summed E-state index contributed by atoms with van der Waals surface area (Å²) in [6.45, 7) is 2.58. The van der Waals surface area contributed by atoms with E-state index in [2.05, 4.69) is 16.3 Å². The third-order valence-corrected chi connectivity index (χ3v) is 3.72. The third-order valence-electron chi connectivity index (χ3n) is 3.72. The lowest BCUT2D eigenvalue weighted by Crippen LogP contribution is -2.28. The van der Waals surface area contributed by atoms with Crippen molar-refractivity contribution in [2.24, 2.45) is 10.2 Å². The molecular formula is C19H19N5O4. The molecule has 0 saturated carbocycles. The van der Waals surface area contributed by atoms with Crippen molar-refractivity contribution in [1.29, 1.82) is 5.26 Å². The molecule has 28 heavy (non-hydrogen) atoms. The second-order valence-corrected chi connectivity index (χ2v) is 5.73. The number of anilines is 1. The number of nitro groups is 1. The van der Waals surface area contributed by atoms with Crippen molar-refractivity contribution in [3.05, 3.63) is 58.6 Å². The van der Waals surface area contributed by atoms with Gasteiger partial charge in [-0.3, -0.25) is 14.9 Å². The van der Waals surface area contributed by atoms with E-state index < -0.39 is 4.92 Å². The lowest BCUT2D eigenvalue weighted by molar-refractivity contribution is -0.384. The molecular weight excluding hydrogens is 362 g/mol. The molecule has 2 aromatic carbocycles. The first-order valence-corrected chi connectivity index (χ1v) is 8.51. The Kier molecular flexibility index (Phi) is 7.60. The maximum Gasteiger partial charge on any atom is 0.302 e. The molecule has 0 unspecified atom stereocenters. The molecule has 0 fully saturated rings. The van der Waals surface area contributed by atoms with Crippen LogP contribution in [0.1, 0.15) is 13.3 Å². The van der Waals surface area contributed by atoms with Crippen LogP contribution in [0.5, 0.6) is 0 Å². The van der Waals surface area contributed by atoms with Crippen LogP contribution in [0, 0.1) is 21.4 Å². The second kappa shape index (κ2) is 10.4. The summed E-state index contributed by atoms with van der Waals surface area (Å²) in [5.41, 5.74) is 1.99. The Morgan fingerprint density at radius 3 is 2.18 bits per heavy atom. The lowest BCUT2D eigenvalue weighted by Gasteiger charge is -2.23. The summed E-state index contributed by atoms with van der Waals surface area (Å²) >= 11 is 0. The summed E-state index contributed by atoms with van der Waals surface area (Å²) in [6, 6.07) is 15.1. The van der Waals surface area contributed by atoms with E-state index in [1.165, 1.54) is 31.2 Å². The van der Waals surface area contributed by atoms with E-state index in [-0.39, 0.29) is 18.3 Å². The molecule has 144 valence electrons. The van der Waals surface area contributed by atoms with Gasteiger partial charge in [0, 0.05) is 31.3 Å². The Morgan fingerprint density at radius 1 is 1.11 bits per heavy atom. The quantitative estimate of drug-likeness (QED) is 0.276. The minimum Gasteiger partial charge on any atom is -0.464 e. The second-order valence-electron chi connectivity index (χ2n) is 5.73. The maximum absolute atomic E-state index is 10.9. The first kappa shape index (κ1) is 20.5. The summed E-state index contributed by atoms with van der Waals surface area (Å²) < 4.78 is 4.97. The summed E-state index contributed by atoms with van der Waals surface area (Å²) in [5, 5.41) is 27.6. The minimum atomic E-state index is -0.473. The highest BCUT2D eigenvalue weighted by molar-refractivity contribution is 5.66. The number of esters is 1. The van der Waals surface area contributed by atoms with Crippen molar-refractivity contribution in [2.45, 2.75) is 13.3 Å². The maximum atomic E-state index is 10.9. The average molecular weight is 381 g/mol. The Bertz CT molecular complexity index is 873. The van der Waals surface area contributed by atoms with Gasteiger partial charge in [0.25, 0.3) is 5.69 Å². The van der Waals surface area contributed by atoms with Crippen molar-refractivity contribution >= 4 is 28.7 Å². The minimum absolute atomic E-state index is 0.00508. The standard InChI is InChI=1S/C19H19N5O4/c1-15(25)28-14-13-23(12-2-11-20)18-7-3-16(4-8-18)21-22-17-5-9-19(10-6-17)24(26)27/h3-10H,2,12-14H2,1H3. The molecule has 0 aliphatic rings. The van der Waals surface area contributed by atoms with E-state index in [0.717, 1.165) is 5.69 Å². The number of rotatable bonds is 9. The molecule has 0 radical (unpaired) electrons. The summed E-state index contributed by atoms with van der Waals surface area (Å²) in [7, 11) is 0. The van der Waals surface area contributed by atoms with Crippen LogP contribution in [-0.4, -0.2) is 30.6 Å². The van der Waals surface area contributed by atoms with Crippen LogP contribution >= 0.6 is 0 Å². The van der Waals surface area contributed by atoms with Gasteiger partial charge >= 0.3 is 5.97 Å². The van der Waals surface area contributed by atoms with Gasteiger partial charge < -0.3 is 9.64 Å². The number of ether oxygens (including phenoxy) is 1. The zero-order valence-electron chi connectivity index (χ0n) is 15.3. The average Bonchev–Trinajstić information content (AvgIpc) is 2.69. The van der Waals surface area contributed by atoms with Gasteiger partial charge in [-0.1, -0.05) is 0 Å². The van der Waals surface area contributed by atoms with E-state index >= 15 is 0 Å². The molecule has 0 spiro atoms. The topological polar surface area (TPSA) is 121 Å². The Hall–Kier alpha value is -3.80. The summed E-state index contributed by atoms with van der Waals surface area (Å²) in [6.07, 6.45) is 0.349. The van der Waals surface area contributed by atoms with Crippen LogP contribution in [0.4, 0.5) is 22.7 Å². The first-order chi connectivity index (χ1) is 13.5. The summed E-state index contributed by atoms with van der Waals surface area (Å²) in [5.74, 6) is -0.345. The van der Waals surface area contributed by atoms with E-state index in [9.17, 15) is 14.9 Å². The Balaban J connectivity index is 2.03. The number of non-ortho nitro benzene ring substituents is 1. The SMILES string of the molecule is CC(=O)OCCN(CCC#N)c1ccc(N=Nc2ccc([N+](=O)[O-])cc2)cc1. The largest absolute Gasteiger partial charge is 0.464 e. The van der Waals surface area contributed by atoms with E-state index in [0.29, 0.717) is 30.9 Å². The molecule has 0 heterocycles. The van der Waals surface area contributed by atoms with Crippen LogP contribution in [0.25, 0.3) is 0 Å². The molecule has 0 amide bonds. The van der Waals surface area contributed by atoms with Gasteiger partial charge in [0.1, 0.15) is 6.61 Å². The number of carbonyl (C=O) groups excluding carboxylic acids is 1. The number of carbonyl (C=O) groups is 1. The van der Waals surface area contributed by atoms with Gasteiger partial charge in [0.05, 0.1) is 35.3 Å². The van der Waals surface area contributed by atoms with Crippen LogP contribution in [0.15, 0.2) is 58.8 Å². The number of nitro benzene ring substituents is 1. The third kappa shape index (κ3) is 6.49. The van der Waals surface area contributed by atoms with E-state index in [1.54, 1.807) is 12.1 Å². The van der Waals surface area contributed by atoms with Gasteiger partial charge in [-0.15, -0.1) is 0 Å². The zero-order valence-corrected chi connectivity index (χ0v) is 15.3. The molecule has 0 aliphatic carbocycles. The monoisotopic (exact) mass is 381 g/mol. The molecule has 0 aromatic heterocycles. The number of nitrogens with zero attached hydrogens (tertiary/aromatic N) is 5. The lowest BCUT2D eigenvalue weighted by atomic mass is 10.2. The van der Waals surface area contributed by atoms with Crippen LogP contribution in [0.3, 0.4) is 0 Å². The number of hydrogen-bond donors (Lipinski definition) is 0. The molecule has 0 saturated heterocycles. The Morgan fingerprint density at radius 2 is 1.68 bits per heavy atom. The molecule has 2 aromatic rings. The number of hydrogen-bond acceptors (Lipinski definition) is 8. The molecule has 0 atom stereocenters. The fourth-order valence-electron chi connectivity index (χ4n) is 2.34. The molecule has 9 nitrogen and oxygen atoms in total. The molecule has 2 rings (SSSR count). The van der Waals surface area contributed by atoms with Gasteiger partial charge in [-0.05, 0) is 36.4 Å². The van der Waals surface area contributed by atoms with E-state index in [4.69, 9.17) is 10.00 Å². The predicted molar refractivity (Wildman–Crippen MR) is 103 cm³/mol. The molecule has 0 bridgehead atoms. The number of nitriles is 1. The smallest absolute Gasteiger partial charge is 0.302 e. The Labute approximate surface area is 162 Å². The van der Waals surface area contributed by atoms with Crippen LogP contribution < -0.4 is 4.90 Å². The van der Waals surface area contributed by atoms with Gasteiger partial charge in [0.15, 0.2) is 0 Å². The zero-order chi connectivity index (χ0) is 20.4. The number of benzene rings is 2. The molecule has 9 heteroatoms. The highest BCUT2D eigenvalue weighted by Gasteiger charge is 2.07. The van der Waals surface area contributed by atoms with Crippen molar-refractivity contribution < 1.29 is 14.5 Å². The fraction of sp³-hybridized carbons (Fsp3) is 0.263. The fourth-order valence-corrected chi connectivity index (χ4v) is 2.34. The van der Waals surface area contributed by atoms with Gasteiger partial charge in [-0.2, -0.15) is 15.5 Å². The van der Waals surface area contributed by atoms with Crippen molar-refractivity contribution in [2.75, 3.05) is 24.6 Å². The van der Waals surface area contributed by atoms with E-state index in [1.807, 2.05) is 17.0 Å². The first-order valence-electron chi connectivity index (χ1n) is 8.51. The molecule has 0 N–H and O–H groups in total. The highest BCUT2D eigenvalue weighted by Crippen LogP contribution is 2.23. The van der Waals surface area contributed by atoms with Crippen molar-refractivity contribution in [3.63, 3.8) is 0 Å². The predicted octanol–water partition coefficient (Wildman–Crippen LogP) is 4.29. The van der Waals surface area contributed by atoms with Crippen LogP contribution in [-0.2, 0) is 9.53 Å². The number of azo groups is 1. The summed E-state index contributed by atoms with van der Waals surface area (Å²) in [4.78, 5) is 23.0.